The third-order valence-electron chi connectivity index (χ3n) is 3.36. The Balaban J connectivity index is 0.00000144. The topological polar surface area (TPSA) is 55.6 Å². The summed E-state index contributed by atoms with van der Waals surface area (Å²) < 4.78 is 5.21. The largest absolute Gasteiger partial charge is 0.383 e. The Labute approximate surface area is 113 Å². The Kier molecular flexibility index (Phi) is 6.06. The van der Waals surface area contributed by atoms with Gasteiger partial charge < -0.3 is 15.4 Å². The second-order valence-electron chi connectivity index (χ2n) is 4.51. The molecule has 0 unspecified atom stereocenters. The maximum Gasteiger partial charge on any atom is 0.240 e. The molecule has 17 heavy (non-hydrogen) atoms. The summed E-state index contributed by atoms with van der Waals surface area (Å²) in [4.78, 5) is 14.2. The summed E-state index contributed by atoms with van der Waals surface area (Å²) >= 11 is 1.87. The highest BCUT2D eigenvalue weighted by Crippen LogP contribution is 2.33. The number of rotatable bonds is 2. The molecule has 0 aromatic carbocycles. The summed E-state index contributed by atoms with van der Waals surface area (Å²) in [5.41, 5.74) is 5.90. The van der Waals surface area contributed by atoms with Gasteiger partial charge in [0.1, 0.15) is 0 Å². The highest BCUT2D eigenvalue weighted by Gasteiger charge is 2.38. The second kappa shape index (κ2) is 6.83. The molecular weight excluding hydrogens is 260 g/mol. The molecular formula is C11H21ClN2O2S. The fourth-order valence-electron chi connectivity index (χ4n) is 2.53. The summed E-state index contributed by atoms with van der Waals surface area (Å²) in [5, 5.41) is 0.329. The number of thioether (sulfide) groups is 1. The fraction of sp³-hybridized carbons (Fsp3) is 0.909. The van der Waals surface area contributed by atoms with Crippen molar-refractivity contribution in [1.29, 1.82) is 0 Å². The fourth-order valence-corrected chi connectivity index (χ4v) is 3.96. The lowest BCUT2D eigenvalue weighted by Gasteiger charge is -2.41. The van der Waals surface area contributed by atoms with Crippen molar-refractivity contribution >= 4 is 30.1 Å². The number of hydrogen-bond donors (Lipinski definition) is 1. The monoisotopic (exact) mass is 280 g/mol. The average Bonchev–Trinajstić information content (AvgIpc) is 2.41. The molecule has 2 aliphatic heterocycles. The van der Waals surface area contributed by atoms with E-state index in [1.807, 2.05) is 16.7 Å². The molecule has 2 saturated heterocycles. The first-order valence-corrected chi connectivity index (χ1v) is 6.97. The SMILES string of the molecule is COC[C@@H]1CCC[C@@H]2SCC[C@H](N)C(=O)N12.Cl. The van der Waals surface area contributed by atoms with Gasteiger partial charge in [-0.25, -0.2) is 0 Å². The van der Waals surface area contributed by atoms with E-state index in [-0.39, 0.29) is 30.4 Å². The predicted octanol–water partition coefficient (Wildman–Crippen LogP) is 1.23. The van der Waals surface area contributed by atoms with Crippen LogP contribution >= 0.6 is 24.2 Å². The van der Waals surface area contributed by atoms with Crippen molar-refractivity contribution in [2.45, 2.75) is 43.1 Å². The molecule has 6 heteroatoms. The number of methoxy groups -OCH3 is 1. The second-order valence-corrected chi connectivity index (χ2v) is 5.79. The van der Waals surface area contributed by atoms with Crippen LogP contribution < -0.4 is 5.73 Å². The van der Waals surface area contributed by atoms with Crippen LogP contribution in [-0.4, -0.2) is 47.7 Å². The Morgan fingerprint density at radius 1 is 1.47 bits per heavy atom. The molecule has 0 aromatic rings. The van der Waals surface area contributed by atoms with Gasteiger partial charge in [-0.15, -0.1) is 24.2 Å². The smallest absolute Gasteiger partial charge is 0.240 e. The number of ether oxygens (including phenoxy) is 1. The molecule has 2 aliphatic rings. The molecule has 3 atom stereocenters. The van der Waals surface area contributed by atoms with E-state index < -0.39 is 0 Å². The van der Waals surface area contributed by atoms with Crippen LogP contribution in [0.25, 0.3) is 0 Å². The first-order valence-electron chi connectivity index (χ1n) is 5.92. The zero-order valence-electron chi connectivity index (χ0n) is 10.1. The van der Waals surface area contributed by atoms with E-state index in [2.05, 4.69) is 0 Å². The first kappa shape index (κ1) is 15.1. The molecule has 4 nitrogen and oxygen atoms in total. The number of carbonyl (C=O) groups excluding carboxylic acids is 1. The van der Waals surface area contributed by atoms with Gasteiger partial charge in [0.15, 0.2) is 0 Å². The number of halogens is 1. The minimum absolute atomic E-state index is 0. The molecule has 100 valence electrons. The molecule has 0 bridgehead atoms. The number of fused-ring (bicyclic) bond motifs is 1. The van der Waals surface area contributed by atoms with Crippen molar-refractivity contribution < 1.29 is 9.53 Å². The van der Waals surface area contributed by atoms with Crippen LogP contribution in [0.3, 0.4) is 0 Å². The molecule has 2 heterocycles. The lowest BCUT2D eigenvalue weighted by molar-refractivity contribution is -0.138. The van der Waals surface area contributed by atoms with Crippen LogP contribution in [0.15, 0.2) is 0 Å². The molecule has 0 saturated carbocycles. The van der Waals surface area contributed by atoms with E-state index in [9.17, 15) is 4.79 Å². The van der Waals surface area contributed by atoms with Gasteiger partial charge in [-0.3, -0.25) is 4.79 Å². The number of amides is 1. The van der Waals surface area contributed by atoms with E-state index >= 15 is 0 Å². The van der Waals surface area contributed by atoms with Gasteiger partial charge in [-0.2, -0.15) is 0 Å². The number of nitrogens with two attached hydrogens (primary N) is 1. The minimum atomic E-state index is -0.310. The molecule has 0 spiro atoms. The lowest BCUT2D eigenvalue weighted by atomic mass is 10.0. The molecule has 2 fully saturated rings. The quantitative estimate of drug-likeness (QED) is 0.827. The van der Waals surface area contributed by atoms with Gasteiger partial charge in [0.05, 0.1) is 24.1 Å². The summed E-state index contributed by atoms with van der Waals surface area (Å²) in [5.74, 6) is 1.12. The van der Waals surface area contributed by atoms with Gasteiger partial charge in [-0.1, -0.05) is 0 Å². The first-order chi connectivity index (χ1) is 7.74. The van der Waals surface area contributed by atoms with Crippen LogP contribution in [0, 0.1) is 0 Å². The summed E-state index contributed by atoms with van der Waals surface area (Å²) in [6.45, 7) is 0.634. The van der Waals surface area contributed by atoms with Crippen LogP contribution in [-0.2, 0) is 9.53 Å². The van der Waals surface area contributed by atoms with E-state index in [1.54, 1.807) is 7.11 Å². The van der Waals surface area contributed by atoms with Crippen molar-refractivity contribution in [2.24, 2.45) is 5.73 Å². The van der Waals surface area contributed by atoms with E-state index in [0.717, 1.165) is 25.0 Å². The number of carbonyl (C=O) groups is 1. The standard InChI is InChI=1S/C11H20N2O2S.ClH/c1-15-7-8-3-2-4-10-13(8)11(14)9(12)5-6-16-10;/h8-10H,2-7,12H2,1H3;1H/t8-,9-,10-;/m0./s1. The third kappa shape index (κ3) is 3.28. The van der Waals surface area contributed by atoms with Gasteiger partial charge in [0, 0.05) is 7.11 Å². The Morgan fingerprint density at radius 3 is 2.94 bits per heavy atom. The van der Waals surface area contributed by atoms with Crippen molar-refractivity contribution in [3.8, 4) is 0 Å². The third-order valence-corrected chi connectivity index (χ3v) is 4.68. The van der Waals surface area contributed by atoms with Crippen molar-refractivity contribution in [3.63, 3.8) is 0 Å². The van der Waals surface area contributed by atoms with Crippen LogP contribution in [0.1, 0.15) is 25.7 Å². The molecule has 1 amide bonds. The van der Waals surface area contributed by atoms with E-state index in [4.69, 9.17) is 10.5 Å². The average molecular weight is 281 g/mol. The highest BCUT2D eigenvalue weighted by molar-refractivity contribution is 7.99. The minimum Gasteiger partial charge on any atom is -0.383 e. The maximum absolute atomic E-state index is 12.2. The van der Waals surface area contributed by atoms with E-state index in [0.29, 0.717) is 12.0 Å². The number of hydrogen-bond acceptors (Lipinski definition) is 4. The van der Waals surface area contributed by atoms with Gasteiger partial charge in [0.2, 0.25) is 5.91 Å². The molecule has 0 radical (unpaired) electrons. The number of piperidine rings is 1. The summed E-state index contributed by atoms with van der Waals surface area (Å²) in [6.07, 6.45) is 4.13. The van der Waals surface area contributed by atoms with Crippen LogP contribution in [0.5, 0.6) is 0 Å². The van der Waals surface area contributed by atoms with Crippen molar-refractivity contribution in [2.75, 3.05) is 19.5 Å². The molecule has 0 aliphatic carbocycles. The van der Waals surface area contributed by atoms with Gasteiger partial charge >= 0.3 is 0 Å². The molecule has 0 aromatic heterocycles. The Hall–Kier alpha value is 0.0300. The normalized spacial score (nSPS) is 33.6. The molecule has 2 rings (SSSR count). The molecule has 2 N–H and O–H groups in total. The maximum atomic E-state index is 12.2. The zero-order chi connectivity index (χ0) is 11.5. The number of nitrogens with zero attached hydrogens (tertiary/aromatic N) is 1. The van der Waals surface area contributed by atoms with Crippen molar-refractivity contribution in [3.05, 3.63) is 0 Å². The predicted molar refractivity (Wildman–Crippen MR) is 72.4 cm³/mol. The highest BCUT2D eigenvalue weighted by atomic mass is 35.5. The van der Waals surface area contributed by atoms with Crippen molar-refractivity contribution in [1.82, 2.24) is 4.90 Å². The Morgan fingerprint density at radius 2 is 2.24 bits per heavy atom. The Bertz CT molecular complexity index is 266. The van der Waals surface area contributed by atoms with Gasteiger partial charge in [-0.05, 0) is 31.4 Å². The van der Waals surface area contributed by atoms with Crippen LogP contribution in [0.4, 0.5) is 0 Å². The lowest BCUT2D eigenvalue weighted by Crippen LogP contribution is -2.54. The summed E-state index contributed by atoms with van der Waals surface area (Å²) in [7, 11) is 1.69. The van der Waals surface area contributed by atoms with Crippen LogP contribution in [0.2, 0.25) is 0 Å². The van der Waals surface area contributed by atoms with E-state index in [1.165, 1.54) is 6.42 Å². The summed E-state index contributed by atoms with van der Waals surface area (Å²) in [6, 6.07) is -0.0807. The van der Waals surface area contributed by atoms with Gasteiger partial charge in [0.25, 0.3) is 0 Å². The zero-order valence-corrected chi connectivity index (χ0v) is 11.8.